The Morgan fingerprint density at radius 2 is 1.60 bits per heavy atom. The third kappa shape index (κ3) is 13.5. The van der Waals surface area contributed by atoms with Gasteiger partial charge in [-0.2, -0.15) is 0 Å². The number of carbonyl (C=O) groups excluding carboxylic acids is 1. The molecule has 1 amide bonds. The second kappa shape index (κ2) is 21.1. The number of hydrogen-bond acceptors (Lipinski definition) is 17. The van der Waals surface area contributed by atoms with E-state index >= 15 is 0 Å². The molecular weight excluding hydrogens is 633 g/mol. The minimum atomic E-state index is -1.32. The zero-order valence-electron chi connectivity index (χ0n) is 26.7. The smallest absolute Gasteiger partial charge is 0.223 e. The van der Waals surface area contributed by atoms with E-state index in [0.717, 1.165) is 12.8 Å². The third-order valence-electron chi connectivity index (χ3n) is 8.32. The Labute approximate surface area is 273 Å². The standard InChI is InChI=1S/C15H28FN3O4.C7H14O5.C6H14N2O4/c16-9(7-17)3-14(21)19-11-4-10(18)5-13(6-11)23-15-2-1-12(8-20)22-15;1-11-6-2-4(9)7(10)5(3-8)12-6;7-1-2-4(9)5(10)3(8)6(11)12-2/h9-13,15,20H,1-8,17-18H2,(H,19,21);4-10H,2-3H2,1H3;2-6,9-11H,1,7-8H2/t;4?,5?,6-,7-;2-,3+,4+,5?,6-/m.00/s1. The zero-order chi connectivity index (χ0) is 35.3. The van der Waals surface area contributed by atoms with Crippen LogP contribution in [0.5, 0.6) is 0 Å². The van der Waals surface area contributed by atoms with Crippen LogP contribution in [-0.4, -0.2) is 167 Å². The molecule has 0 aromatic heterocycles. The summed E-state index contributed by atoms with van der Waals surface area (Å²) in [6.45, 7) is -0.456. The molecule has 4 aliphatic rings. The van der Waals surface area contributed by atoms with Crippen molar-refractivity contribution in [3.8, 4) is 0 Å². The molecule has 278 valence electrons. The molecule has 4 fully saturated rings. The van der Waals surface area contributed by atoms with Crippen molar-refractivity contribution in [2.75, 3.05) is 33.4 Å². The minimum Gasteiger partial charge on any atom is -0.394 e. The van der Waals surface area contributed by atoms with Gasteiger partial charge in [-0.15, -0.1) is 0 Å². The molecule has 0 aromatic rings. The fraction of sp³-hybridized carbons (Fsp3) is 0.964. The van der Waals surface area contributed by atoms with Crippen LogP contribution < -0.4 is 28.3 Å². The largest absolute Gasteiger partial charge is 0.394 e. The summed E-state index contributed by atoms with van der Waals surface area (Å²) in [6, 6.07) is -1.19. The average Bonchev–Trinajstić information content (AvgIpc) is 3.50. The highest BCUT2D eigenvalue weighted by molar-refractivity contribution is 5.76. The predicted octanol–water partition coefficient (Wildman–Crippen LogP) is -5.27. The second-order valence-corrected chi connectivity index (χ2v) is 12.1. The van der Waals surface area contributed by atoms with Crippen LogP contribution >= 0.6 is 0 Å². The minimum absolute atomic E-state index is 0.00569. The maximum atomic E-state index is 13.2. The molecular formula is C28H56FN5O13. The number of ether oxygens (including phenoxy) is 5. The van der Waals surface area contributed by atoms with Crippen molar-refractivity contribution in [3.05, 3.63) is 0 Å². The van der Waals surface area contributed by atoms with Gasteiger partial charge in [0.1, 0.15) is 36.7 Å². The van der Waals surface area contributed by atoms with Crippen LogP contribution in [0.25, 0.3) is 0 Å². The summed E-state index contributed by atoms with van der Waals surface area (Å²) in [5.41, 5.74) is 21.7. The van der Waals surface area contributed by atoms with E-state index in [4.69, 9.17) is 61.9 Å². The number of nitrogens with one attached hydrogen (secondary N) is 1. The maximum Gasteiger partial charge on any atom is 0.223 e. The van der Waals surface area contributed by atoms with Gasteiger partial charge in [0.2, 0.25) is 5.91 Å². The first-order valence-corrected chi connectivity index (χ1v) is 15.9. The molecule has 0 aromatic carbocycles. The lowest BCUT2D eigenvalue weighted by molar-refractivity contribution is -0.248. The Morgan fingerprint density at radius 3 is 2.17 bits per heavy atom. The van der Waals surface area contributed by atoms with Crippen molar-refractivity contribution in [3.63, 3.8) is 0 Å². The lowest BCUT2D eigenvalue weighted by atomic mass is 9.89. The Kier molecular flexibility index (Phi) is 18.8. The van der Waals surface area contributed by atoms with E-state index in [2.05, 4.69) is 5.32 Å². The molecule has 19 heteroatoms. The fourth-order valence-corrected chi connectivity index (χ4v) is 5.61. The van der Waals surface area contributed by atoms with Crippen molar-refractivity contribution in [1.29, 1.82) is 0 Å². The quantitative estimate of drug-likeness (QED) is 0.102. The summed E-state index contributed by atoms with van der Waals surface area (Å²) in [4.78, 5) is 11.8. The van der Waals surface area contributed by atoms with Crippen molar-refractivity contribution in [1.82, 2.24) is 5.32 Å². The number of halogens is 1. The van der Waals surface area contributed by atoms with Gasteiger partial charge in [-0.25, -0.2) is 4.39 Å². The van der Waals surface area contributed by atoms with Gasteiger partial charge in [0, 0.05) is 45.1 Å². The Morgan fingerprint density at radius 1 is 0.894 bits per heavy atom. The first-order valence-electron chi connectivity index (χ1n) is 15.9. The number of amides is 1. The van der Waals surface area contributed by atoms with E-state index in [1.54, 1.807) is 0 Å². The highest BCUT2D eigenvalue weighted by Gasteiger charge is 2.41. The summed E-state index contributed by atoms with van der Waals surface area (Å²) in [6.07, 6.45) is -5.97. The van der Waals surface area contributed by atoms with Crippen LogP contribution in [0.1, 0.15) is 44.9 Å². The normalized spacial score (nSPS) is 41.1. The van der Waals surface area contributed by atoms with Gasteiger partial charge in [-0.1, -0.05) is 0 Å². The number of alkyl halides is 1. The molecule has 16 N–H and O–H groups in total. The van der Waals surface area contributed by atoms with Crippen LogP contribution in [0.4, 0.5) is 4.39 Å². The highest BCUT2D eigenvalue weighted by atomic mass is 19.1. The van der Waals surface area contributed by atoms with E-state index in [-0.39, 0.29) is 75.6 Å². The molecule has 4 rings (SSSR count). The molecule has 9 unspecified atom stereocenters. The van der Waals surface area contributed by atoms with Gasteiger partial charge < -0.3 is 87.7 Å². The SMILES string of the molecule is CO[C@@H]1CC(O)[C@H](O)C(CO)O1.NCC(F)CC(=O)NC1CC(N)CC(OC2CCC(CO)O2)C1.NC[C@@H]1O[C@H](O)[C@H](N)C(O)[C@@H]1O. The molecule has 0 bridgehead atoms. The molecule has 1 aliphatic carbocycles. The number of aliphatic hydroxyl groups excluding tert-OH is 7. The number of hydrogen-bond donors (Lipinski definition) is 12. The number of methoxy groups -OCH3 is 1. The van der Waals surface area contributed by atoms with E-state index in [0.29, 0.717) is 19.3 Å². The number of nitrogens with two attached hydrogens (primary N) is 4. The zero-order valence-corrected chi connectivity index (χ0v) is 26.7. The van der Waals surface area contributed by atoms with Crippen molar-refractivity contribution >= 4 is 5.91 Å². The van der Waals surface area contributed by atoms with Gasteiger partial charge in [-0.3, -0.25) is 4.79 Å². The van der Waals surface area contributed by atoms with E-state index < -0.39 is 61.4 Å². The van der Waals surface area contributed by atoms with Crippen LogP contribution in [0.2, 0.25) is 0 Å². The topological polar surface area (TPSA) is 321 Å². The van der Waals surface area contributed by atoms with Crippen LogP contribution in [0.15, 0.2) is 0 Å². The highest BCUT2D eigenvalue weighted by Crippen LogP contribution is 2.27. The molecule has 1 saturated carbocycles. The second-order valence-electron chi connectivity index (χ2n) is 12.1. The lowest BCUT2D eigenvalue weighted by Gasteiger charge is -2.38. The van der Waals surface area contributed by atoms with E-state index in [1.807, 2.05) is 0 Å². The Hall–Kier alpha value is -1.24. The molecule has 15 atom stereocenters. The monoisotopic (exact) mass is 689 g/mol. The summed E-state index contributed by atoms with van der Waals surface area (Å²) < 4.78 is 39.4. The predicted molar refractivity (Wildman–Crippen MR) is 161 cm³/mol. The first-order chi connectivity index (χ1) is 22.3. The number of rotatable bonds is 10. The van der Waals surface area contributed by atoms with Crippen molar-refractivity contribution < 1.29 is 68.6 Å². The van der Waals surface area contributed by atoms with Crippen LogP contribution in [0, 0.1) is 0 Å². The van der Waals surface area contributed by atoms with E-state index in [1.165, 1.54) is 7.11 Å². The molecule has 3 saturated heterocycles. The van der Waals surface area contributed by atoms with Gasteiger partial charge in [0.25, 0.3) is 0 Å². The molecule has 3 heterocycles. The van der Waals surface area contributed by atoms with Gasteiger partial charge >= 0.3 is 0 Å². The van der Waals surface area contributed by atoms with Gasteiger partial charge in [0.15, 0.2) is 18.9 Å². The number of aliphatic hydroxyl groups is 7. The van der Waals surface area contributed by atoms with E-state index in [9.17, 15) is 29.6 Å². The Bertz CT molecular complexity index is 872. The van der Waals surface area contributed by atoms with Crippen molar-refractivity contribution in [2.24, 2.45) is 22.9 Å². The van der Waals surface area contributed by atoms with Gasteiger partial charge in [0.05, 0.1) is 44.0 Å². The molecule has 0 radical (unpaired) electrons. The number of carbonyl (C=O) groups is 1. The Balaban J connectivity index is 0.000000270. The molecule has 18 nitrogen and oxygen atoms in total. The van der Waals surface area contributed by atoms with Crippen molar-refractivity contribution in [2.45, 2.75) is 137 Å². The van der Waals surface area contributed by atoms with Gasteiger partial charge in [-0.05, 0) is 25.7 Å². The average molecular weight is 690 g/mol. The van der Waals surface area contributed by atoms with Crippen LogP contribution in [0.3, 0.4) is 0 Å². The fourth-order valence-electron chi connectivity index (χ4n) is 5.61. The molecule has 0 spiro atoms. The maximum absolute atomic E-state index is 13.2. The summed E-state index contributed by atoms with van der Waals surface area (Å²) in [5.74, 6) is -0.349. The summed E-state index contributed by atoms with van der Waals surface area (Å²) in [7, 11) is 1.45. The molecule has 47 heavy (non-hydrogen) atoms. The summed E-state index contributed by atoms with van der Waals surface area (Å²) in [5, 5.41) is 66.8. The lowest BCUT2D eigenvalue weighted by Crippen LogP contribution is -2.62. The van der Waals surface area contributed by atoms with Crippen LogP contribution in [-0.2, 0) is 28.5 Å². The molecule has 3 aliphatic heterocycles. The summed E-state index contributed by atoms with van der Waals surface area (Å²) >= 11 is 0. The third-order valence-corrected chi connectivity index (χ3v) is 8.32. The first kappa shape index (κ1) is 41.9.